The van der Waals surface area contributed by atoms with Crippen LogP contribution in [-0.2, 0) is 20.7 Å². The summed E-state index contributed by atoms with van der Waals surface area (Å²) in [5, 5.41) is 0. The predicted octanol–water partition coefficient (Wildman–Crippen LogP) is 5.04. The van der Waals surface area contributed by atoms with E-state index < -0.39 is 0 Å². The lowest BCUT2D eigenvalue weighted by atomic mass is 9.52. The van der Waals surface area contributed by atoms with Crippen molar-refractivity contribution in [1.82, 2.24) is 0 Å². The Morgan fingerprint density at radius 3 is 2.61 bits per heavy atom. The van der Waals surface area contributed by atoms with Crippen molar-refractivity contribution in [3.8, 4) is 5.75 Å². The quantitative estimate of drug-likeness (QED) is 0.541. The van der Waals surface area contributed by atoms with Crippen LogP contribution >= 0.6 is 0 Å². The Kier molecular flexibility index (Phi) is 5.01. The van der Waals surface area contributed by atoms with Crippen LogP contribution in [0.5, 0.6) is 5.75 Å². The molecule has 152 valence electrons. The second kappa shape index (κ2) is 7.20. The first-order valence-corrected chi connectivity index (χ1v) is 10.8. The lowest BCUT2D eigenvalue weighted by Gasteiger charge is -2.53. The smallest absolute Gasteiger partial charge is 0.308 e. The molecule has 2 fully saturated rings. The number of rotatable bonds is 3. The molecule has 0 radical (unpaired) electrons. The zero-order chi connectivity index (χ0) is 20.1. The highest BCUT2D eigenvalue weighted by atomic mass is 16.5. The molecule has 4 rings (SSSR count). The molecule has 2 saturated carbocycles. The molecule has 0 amide bonds. The fraction of sp³-hybridized carbons (Fsp3) is 0.667. The van der Waals surface area contributed by atoms with Crippen molar-refractivity contribution in [2.45, 2.75) is 78.2 Å². The van der Waals surface area contributed by atoms with Crippen LogP contribution in [0.2, 0.25) is 0 Å². The van der Waals surface area contributed by atoms with Crippen LogP contribution in [0.4, 0.5) is 0 Å². The van der Waals surface area contributed by atoms with Crippen LogP contribution in [0, 0.1) is 23.2 Å². The monoisotopic (exact) mass is 384 g/mol. The van der Waals surface area contributed by atoms with E-state index in [2.05, 4.69) is 26.0 Å². The number of ether oxygens (including phenoxy) is 2. The van der Waals surface area contributed by atoms with E-state index in [1.165, 1.54) is 25.0 Å². The molecule has 0 bridgehead atoms. The minimum Gasteiger partial charge on any atom is -0.462 e. The van der Waals surface area contributed by atoms with Crippen LogP contribution in [-0.4, -0.2) is 18.0 Å². The third-order valence-electron chi connectivity index (χ3n) is 7.88. The van der Waals surface area contributed by atoms with Gasteiger partial charge in [-0.15, -0.1) is 0 Å². The van der Waals surface area contributed by atoms with E-state index in [0.717, 1.165) is 38.5 Å². The minimum absolute atomic E-state index is 0.0706. The first kappa shape index (κ1) is 19.5. The molecule has 0 aliphatic heterocycles. The SMILES string of the molecule is CCC1Cc2cc(OC(C)=O)ccc2C2CCC3(C)C(OC(C)=O)CCC3C12. The average Bonchev–Trinajstić information content (AvgIpc) is 2.96. The van der Waals surface area contributed by atoms with E-state index in [9.17, 15) is 9.59 Å². The Morgan fingerprint density at radius 2 is 1.93 bits per heavy atom. The third-order valence-corrected chi connectivity index (χ3v) is 7.88. The van der Waals surface area contributed by atoms with Gasteiger partial charge in [-0.3, -0.25) is 9.59 Å². The highest BCUT2D eigenvalue weighted by Gasteiger charge is 2.57. The Labute approximate surface area is 168 Å². The van der Waals surface area contributed by atoms with Crippen molar-refractivity contribution in [3.05, 3.63) is 29.3 Å². The predicted molar refractivity (Wildman–Crippen MR) is 107 cm³/mol. The van der Waals surface area contributed by atoms with E-state index in [1.54, 1.807) is 0 Å². The van der Waals surface area contributed by atoms with E-state index in [-0.39, 0.29) is 23.5 Å². The van der Waals surface area contributed by atoms with Crippen LogP contribution < -0.4 is 4.74 Å². The van der Waals surface area contributed by atoms with E-state index in [0.29, 0.717) is 29.4 Å². The highest BCUT2D eigenvalue weighted by molar-refractivity contribution is 5.69. The number of esters is 2. The first-order chi connectivity index (χ1) is 13.3. The van der Waals surface area contributed by atoms with Gasteiger partial charge >= 0.3 is 11.9 Å². The fourth-order valence-electron chi connectivity index (χ4n) is 6.75. The van der Waals surface area contributed by atoms with E-state index in [4.69, 9.17) is 9.47 Å². The number of hydrogen-bond donors (Lipinski definition) is 0. The number of fused-ring (bicyclic) bond motifs is 5. The Bertz CT molecular complexity index is 785. The average molecular weight is 385 g/mol. The maximum atomic E-state index is 11.6. The van der Waals surface area contributed by atoms with Crippen LogP contribution in [0.1, 0.15) is 76.8 Å². The van der Waals surface area contributed by atoms with Crippen molar-refractivity contribution in [1.29, 1.82) is 0 Å². The summed E-state index contributed by atoms with van der Waals surface area (Å²) in [4.78, 5) is 23.0. The van der Waals surface area contributed by atoms with Gasteiger partial charge in [0, 0.05) is 19.3 Å². The van der Waals surface area contributed by atoms with Crippen molar-refractivity contribution < 1.29 is 19.1 Å². The van der Waals surface area contributed by atoms with Gasteiger partial charge in [-0.25, -0.2) is 0 Å². The number of carbonyl (C=O) groups is 2. The van der Waals surface area contributed by atoms with E-state index in [1.807, 2.05) is 6.07 Å². The van der Waals surface area contributed by atoms with Crippen LogP contribution in [0.25, 0.3) is 0 Å². The number of carbonyl (C=O) groups excluding carboxylic acids is 2. The minimum atomic E-state index is -0.267. The topological polar surface area (TPSA) is 52.6 Å². The molecule has 1 aromatic rings. The molecule has 28 heavy (non-hydrogen) atoms. The van der Waals surface area contributed by atoms with E-state index >= 15 is 0 Å². The third kappa shape index (κ3) is 3.15. The first-order valence-electron chi connectivity index (χ1n) is 10.8. The molecule has 6 atom stereocenters. The van der Waals surface area contributed by atoms with Gasteiger partial charge in [0.05, 0.1) is 0 Å². The highest BCUT2D eigenvalue weighted by Crippen LogP contribution is 2.63. The molecule has 0 heterocycles. The van der Waals surface area contributed by atoms with Gasteiger partial charge in [0.2, 0.25) is 0 Å². The van der Waals surface area contributed by atoms with Crippen molar-refractivity contribution >= 4 is 11.9 Å². The standard InChI is InChI=1S/C24H32O4/c1-5-16-12-17-13-18(27-14(2)25)6-7-19(17)20-10-11-24(4)21(23(16)20)8-9-22(24)28-15(3)26/h6-7,13,16,20-23H,5,8-12H2,1-4H3. The zero-order valence-corrected chi connectivity index (χ0v) is 17.5. The fourth-order valence-corrected chi connectivity index (χ4v) is 6.75. The second-order valence-corrected chi connectivity index (χ2v) is 9.34. The molecule has 3 aliphatic rings. The summed E-state index contributed by atoms with van der Waals surface area (Å²) >= 11 is 0. The summed E-state index contributed by atoms with van der Waals surface area (Å²) in [5.74, 6) is 2.71. The van der Waals surface area contributed by atoms with Gasteiger partial charge in [-0.05, 0) is 79.0 Å². The summed E-state index contributed by atoms with van der Waals surface area (Å²) < 4.78 is 11.1. The lowest BCUT2D eigenvalue weighted by molar-refractivity contribution is -0.155. The Balaban J connectivity index is 1.66. The molecule has 1 aromatic carbocycles. The molecule has 4 heteroatoms. The Hall–Kier alpha value is -1.84. The van der Waals surface area contributed by atoms with Crippen molar-refractivity contribution in [2.24, 2.45) is 23.2 Å². The molecule has 0 saturated heterocycles. The summed E-state index contributed by atoms with van der Waals surface area (Å²) in [6, 6.07) is 6.23. The number of benzene rings is 1. The largest absolute Gasteiger partial charge is 0.462 e. The van der Waals surface area contributed by atoms with Gasteiger partial charge in [0.15, 0.2) is 0 Å². The summed E-state index contributed by atoms with van der Waals surface area (Å²) in [6.45, 7) is 7.65. The summed E-state index contributed by atoms with van der Waals surface area (Å²) in [5.41, 5.74) is 2.91. The summed E-state index contributed by atoms with van der Waals surface area (Å²) in [6.07, 6.45) is 6.69. The molecular formula is C24H32O4. The number of hydrogen-bond acceptors (Lipinski definition) is 4. The Morgan fingerprint density at radius 1 is 1.14 bits per heavy atom. The molecule has 0 aromatic heterocycles. The normalized spacial score (nSPS) is 36.1. The lowest BCUT2D eigenvalue weighted by Crippen LogP contribution is -2.47. The second-order valence-electron chi connectivity index (χ2n) is 9.34. The van der Waals surface area contributed by atoms with Gasteiger partial charge in [0.1, 0.15) is 11.9 Å². The molecule has 4 nitrogen and oxygen atoms in total. The zero-order valence-electron chi connectivity index (χ0n) is 17.5. The molecule has 6 unspecified atom stereocenters. The summed E-state index contributed by atoms with van der Waals surface area (Å²) in [7, 11) is 0. The van der Waals surface area contributed by atoms with Crippen LogP contribution in [0.3, 0.4) is 0 Å². The molecule has 0 spiro atoms. The van der Waals surface area contributed by atoms with Gasteiger partial charge in [-0.1, -0.05) is 26.3 Å². The van der Waals surface area contributed by atoms with Crippen molar-refractivity contribution in [3.63, 3.8) is 0 Å². The maximum absolute atomic E-state index is 11.6. The molecule has 3 aliphatic carbocycles. The van der Waals surface area contributed by atoms with Crippen molar-refractivity contribution in [2.75, 3.05) is 0 Å². The van der Waals surface area contributed by atoms with Crippen LogP contribution in [0.15, 0.2) is 18.2 Å². The van der Waals surface area contributed by atoms with Gasteiger partial charge < -0.3 is 9.47 Å². The molecular weight excluding hydrogens is 352 g/mol. The van der Waals surface area contributed by atoms with Gasteiger partial charge in [0.25, 0.3) is 0 Å². The van der Waals surface area contributed by atoms with Gasteiger partial charge in [-0.2, -0.15) is 0 Å². The maximum Gasteiger partial charge on any atom is 0.308 e. The molecule has 0 N–H and O–H groups in total.